The minimum absolute atomic E-state index is 0.0427. The number of hydrogen-bond acceptors (Lipinski definition) is 3. The van der Waals surface area contributed by atoms with E-state index in [1.165, 1.54) is 35.8 Å². The van der Waals surface area contributed by atoms with Gasteiger partial charge in [0, 0.05) is 4.88 Å². The molecule has 3 nitrogen and oxygen atoms in total. The van der Waals surface area contributed by atoms with Gasteiger partial charge in [0.25, 0.3) is 5.91 Å². The average Bonchev–Trinajstić information content (AvgIpc) is 2.75. The van der Waals surface area contributed by atoms with Crippen molar-refractivity contribution in [1.82, 2.24) is 5.43 Å². The normalized spacial score (nSPS) is 10.8. The Hall–Kier alpha value is -1.72. The Bertz CT molecular complexity index is 597. The van der Waals surface area contributed by atoms with E-state index in [1.807, 2.05) is 0 Å². The molecule has 0 aliphatic rings. The largest absolute Gasteiger partial charge is 0.274 e. The van der Waals surface area contributed by atoms with E-state index >= 15 is 0 Å². The van der Waals surface area contributed by atoms with Crippen molar-refractivity contribution in [3.05, 3.63) is 57.0 Å². The summed E-state index contributed by atoms with van der Waals surface area (Å²) in [6.07, 6.45) is 1.45. The number of benzene rings is 1. The molecule has 1 amide bonds. The van der Waals surface area contributed by atoms with Crippen LogP contribution in [-0.2, 0) is 0 Å². The van der Waals surface area contributed by atoms with Crippen LogP contribution in [0.25, 0.3) is 0 Å². The van der Waals surface area contributed by atoms with Crippen LogP contribution < -0.4 is 5.43 Å². The minimum Gasteiger partial charge on any atom is -0.267 e. The summed E-state index contributed by atoms with van der Waals surface area (Å²) in [6.45, 7) is 0. The van der Waals surface area contributed by atoms with Crippen molar-refractivity contribution in [2.45, 2.75) is 0 Å². The van der Waals surface area contributed by atoms with Crippen molar-refractivity contribution in [3.8, 4) is 0 Å². The van der Waals surface area contributed by atoms with Gasteiger partial charge in [-0.25, -0.2) is 9.82 Å². The van der Waals surface area contributed by atoms with E-state index in [9.17, 15) is 9.18 Å². The highest BCUT2D eigenvalue weighted by atomic mass is 35.5. The first kappa shape index (κ1) is 12.7. The summed E-state index contributed by atoms with van der Waals surface area (Å²) in [5, 5.41) is 3.73. The van der Waals surface area contributed by atoms with Crippen molar-refractivity contribution in [1.29, 1.82) is 0 Å². The van der Waals surface area contributed by atoms with Gasteiger partial charge in [0.05, 0.1) is 16.1 Å². The molecule has 0 aliphatic heterocycles. The summed E-state index contributed by atoms with van der Waals surface area (Å²) >= 11 is 7.07. The van der Waals surface area contributed by atoms with E-state index in [0.29, 0.717) is 4.34 Å². The second-order valence-electron chi connectivity index (χ2n) is 3.32. The molecule has 0 aliphatic carbocycles. The standard InChI is InChI=1S/C12H8ClFN2OS/c13-11-6-5-8(18-11)7-15-16-12(17)9-3-1-2-4-10(9)14/h1-7H,(H,16,17)/b15-7+. The highest BCUT2D eigenvalue weighted by Crippen LogP contribution is 2.19. The second-order valence-corrected chi connectivity index (χ2v) is 5.07. The maximum Gasteiger partial charge on any atom is 0.274 e. The monoisotopic (exact) mass is 282 g/mol. The van der Waals surface area contributed by atoms with E-state index in [1.54, 1.807) is 18.2 Å². The quantitative estimate of drug-likeness (QED) is 0.681. The number of carbonyl (C=O) groups is 1. The summed E-state index contributed by atoms with van der Waals surface area (Å²) in [7, 11) is 0. The molecule has 92 valence electrons. The van der Waals surface area contributed by atoms with Gasteiger partial charge in [-0.15, -0.1) is 11.3 Å². The van der Waals surface area contributed by atoms with Crippen LogP contribution in [-0.4, -0.2) is 12.1 Å². The summed E-state index contributed by atoms with van der Waals surface area (Å²) in [5.74, 6) is -1.17. The fourth-order valence-electron chi connectivity index (χ4n) is 1.26. The minimum atomic E-state index is -0.591. The molecule has 1 heterocycles. The first-order chi connectivity index (χ1) is 8.66. The topological polar surface area (TPSA) is 41.5 Å². The van der Waals surface area contributed by atoms with Crippen molar-refractivity contribution < 1.29 is 9.18 Å². The first-order valence-corrected chi connectivity index (χ1v) is 6.19. The summed E-state index contributed by atoms with van der Waals surface area (Å²) in [4.78, 5) is 12.4. The zero-order chi connectivity index (χ0) is 13.0. The number of nitrogens with zero attached hydrogens (tertiary/aromatic N) is 1. The van der Waals surface area contributed by atoms with Gasteiger partial charge in [-0.3, -0.25) is 4.79 Å². The molecule has 0 saturated heterocycles. The van der Waals surface area contributed by atoms with Crippen LogP contribution in [0.5, 0.6) is 0 Å². The number of carbonyl (C=O) groups excluding carboxylic acids is 1. The number of thiophene rings is 1. The van der Waals surface area contributed by atoms with Crippen LogP contribution in [0.4, 0.5) is 4.39 Å². The molecule has 0 fully saturated rings. The van der Waals surface area contributed by atoms with Crippen molar-refractivity contribution in [2.24, 2.45) is 5.10 Å². The highest BCUT2D eigenvalue weighted by molar-refractivity contribution is 7.17. The van der Waals surface area contributed by atoms with Crippen molar-refractivity contribution in [2.75, 3.05) is 0 Å². The molecule has 1 N–H and O–H groups in total. The molecular formula is C12H8ClFN2OS. The van der Waals surface area contributed by atoms with Gasteiger partial charge < -0.3 is 0 Å². The lowest BCUT2D eigenvalue weighted by atomic mass is 10.2. The smallest absolute Gasteiger partial charge is 0.267 e. The summed E-state index contributed by atoms with van der Waals surface area (Å²) in [5.41, 5.74) is 2.21. The number of nitrogens with one attached hydrogen (secondary N) is 1. The molecular weight excluding hydrogens is 275 g/mol. The lowest BCUT2D eigenvalue weighted by Gasteiger charge is -2.00. The molecule has 2 rings (SSSR count). The van der Waals surface area contributed by atoms with Gasteiger partial charge in [0.15, 0.2) is 0 Å². The molecule has 0 spiro atoms. The number of hydrogen-bond donors (Lipinski definition) is 1. The fourth-order valence-corrected chi connectivity index (χ4v) is 2.19. The zero-order valence-electron chi connectivity index (χ0n) is 9.06. The van der Waals surface area contributed by atoms with Crippen LogP contribution in [0, 0.1) is 5.82 Å². The van der Waals surface area contributed by atoms with Gasteiger partial charge in [-0.2, -0.15) is 5.10 Å². The summed E-state index contributed by atoms with van der Waals surface area (Å²) < 4.78 is 13.9. The Morgan fingerprint density at radius 3 is 2.78 bits per heavy atom. The Morgan fingerprint density at radius 1 is 1.33 bits per heavy atom. The Labute approximate surface area is 112 Å². The molecule has 0 unspecified atom stereocenters. The molecule has 6 heteroatoms. The second kappa shape index (κ2) is 5.75. The van der Waals surface area contributed by atoms with Crippen molar-refractivity contribution in [3.63, 3.8) is 0 Å². The number of rotatable bonds is 3. The van der Waals surface area contributed by atoms with Gasteiger partial charge >= 0.3 is 0 Å². The third kappa shape index (κ3) is 3.15. The molecule has 0 atom stereocenters. The third-order valence-corrected chi connectivity index (χ3v) is 3.24. The molecule has 2 aromatic rings. The predicted octanol–water partition coefficient (Wildman–Crippen LogP) is 3.30. The lowest BCUT2D eigenvalue weighted by molar-refractivity contribution is 0.0951. The van der Waals surface area contributed by atoms with Crippen LogP contribution in [0.2, 0.25) is 4.34 Å². The third-order valence-electron chi connectivity index (χ3n) is 2.07. The van der Waals surface area contributed by atoms with Gasteiger partial charge in [-0.1, -0.05) is 23.7 Å². The molecule has 0 radical (unpaired) electrons. The lowest BCUT2D eigenvalue weighted by Crippen LogP contribution is -2.18. The van der Waals surface area contributed by atoms with E-state index < -0.39 is 11.7 Å². The summed E-state index contributed by atoms with van der Waals surface area (Å²) in [6, 6.07) is 9.21. The zero-order valence-corrected chi connectivity index (χ0v) is 10.6. The predicted molar refractivity (Wildman–Crippen MR) is 70.8 cm³/mol. The maximum atomic E-state index is 13.3. The fraction of sp³-hybridized carbons (Fsp3) is 0. The molecule has 0 bridgehead atoms. The van der Waals surface area contributed by atoms with Gasteiger partial charge in [0.2, 0.25) is 0 Å². The van der Waals surface area contributed by atoms with E-state index in [2.05, 4.69) is 10.5 Å². The highest BCUT2D eigenvalue weighted by Gasteiger charge is 2.09. The van der Waals surface area contributed by atoms with Crippen LogP contribution >= 0.6 is 22.9 Å². The molecule has 1 aromatic heterocycles. The number of hydrazone groups is 1. The average molecular weight is 283 g/mol. The Balaban J connectivity index is 2.01. The first-order valence-electron chi connectivity index (χ1n) is 5.00. The molecule has 1 aromatic carbocycles. The maximum absolute atomic E-state index is 13.3. The van der Waals surface area contributed by atoms with Gasteiger partial charge in [-0.05, 0) is 24.3 Å². The Kier molecular flexibility index (Phi) is 4.07. The SMILES string of the molecule is O=C(N/N=C/c1ccc(Cl)s1)c1ccccc1F. The van der Waals surface area contributed by atoms with Crippen LogP contribution in [0.15, 0.2) is 41.5 Å². The molecule has 0 saturated carbocycles. The van der Waals surface area contributed by atoms with Gasteiger partial charge in [0.1, 0.15) is 5.82 Å². The van der Waals surface area contributed by atoms with Crippen LogP contribution in [0.1, 0.15) is 15.2 Å². The van der Waals surface area contributed by atoms with E-state index in [0.717, 1.165) is 4.88 Å². The van der Waals surface area contributed by atoms with Crippen LogP contribution in [0.3, 0.4) is 0 Å². The van der Waals surface area contributed by atoms with E-state index in [-0.39, 0.29) is 5.56 Å². The van der Waals surface area contributed by atoms with Crippen molar-refractivity contribution >= 4 is 35.1 Å². The number of amides is 1. The Morgan fingerprint density at radius 2 is 2.11 bits per heavy atom. The number of halogens is 2. The molecule has 18 heavy (non-hydrogen) atoms. The van der Waals surface area contributed by atoms with E-state index in [4.69, 9.17) is 11.6 Å².